The molecule has 0 bridgehead atoms. The van der Waals surface area contributed by atoms with Crippen molar-refractivity contribution in [2.75, 3.05) is 31.3 Å². The average molecular weight is 1210 g/mol. The Kier molecular flexibility index (Phi) is 19.9. The van der Waals surface area contributed by atoms with E-state index in [2.05, 4.69) is 37.1 Å². The first kappa shape index (κ1) is 62.4. The lowest BCUT2D eigenvalue weighted by Crippen LogP contribution is -2.45. The first-order chi connectivity index (χ1) is 40.7. The highest BCUT2D eigenvalue weighted by Crippen LogP contribution is 2.53. The Morgan fingerprint density at radius 3 is 2.40 bits per heavy atom. The van der Waals surface area contributed by atoms with Gasteiger partial charge in [0.25, 0.3) is 12.3 Å². The number of hydrogen-bond donors (Lipinski definition) is 3. The minimum absolute atomic E-state index is 0.0314. The van der Waals surface area contributed by atoms with Crippen LogP contribution in [0, 0.1) is 40.2 Å². The number of carbonyl (C=O) groups is 4. The summed E-state index contributed by atoms with van der Waals surface area (Å²) in [6.45, 7) is 6.41. The number of amides is 3. The first-order valence-electron chi connectivity index (χ1n) is 29.1. The number of ketones is 1. The van der Waals surface area contributed by atoms with Gasteiger partial charge in [-0.25, -0.2) is 22.5 Å². The van der Waals surface area contributed by atoms with Gasteiger partial charge in [0.1, 0.15) is 29.1 Å². The second-order valence-corrected chi connectivity index (χ2v) is 24.9. The molecule has 3 fully saturated rings. The van der Waals surface area contributed by atoms with E-state index in [0.717, 1.165) is 56.2 Å². The Balaban J connectivity index is 0.728. The fourth-order valence-electron chi connectivity index (χ4n) is 12.1. The number of hydrogen-bond acceptors (Lipinski definition) is 11. The monoisotopic (exact) mass is 1210 g/mol. The van der Waals surface area contributed by atoms with E-state index in [0.29, 0.717) is 49.8 Å². The van der Waals surface area contributed by atoms with Gasteiger partial charge in [0, 0.05) is 77.7 Å². The fraction of sp³-hybridized carbons (Fsp3) is 0.469. The van der Waals surface area contributed by atoms with Crippen LogP contribution in [0.1, 0.15) is 172 Å². The molecular weight excluding hydrogens is 1140 g/mol. The van der Waals surface area contributed by atoms with E-state index in [9.17, 15) is 33.2 Å². The molecule has 2 aliphatic carbocycles. The third-order valence-electron chi connectivity index (χ3n) is 16.7. The van der Waals surface area contributed by atoms with Crippen molar-refractivity contribution in [1.82, 2.24) is 30.0 Å². The number of oxazole rings is 1. The second kappa shape index (κ2) is 27.1. The van der Waals surface area contributed by atoms with Crippen molar-refractivity contribution in [3.63, 3.8) is 0 Å². The maximum atomic E-state index is 16.2. The molecule has 2 saturated carbocycles. The van der Waals surface area contributed by atoms with Gasteiger partial charge < -0.3 is 30.0 Å². The molecule has 4 atom stereocenters. The van der Waals surface area contributed by atoms with E-state index >= 15 is 8.78 Å². The summed E-state index contributed by atoms with van der Waals surface area (Å²) in [5, 5.41) is 24.0. The van der Waals surface area contributed by atoms with Crippen molar-refractivity contribution in [3.05, 3.63) is 141 Å². The third kappa shape index (κ3) is 14.6. The molecule has 450 valence electrons. The number of carbonyl (C=O) groups excluding carboxylic acids is 4. The molecule has 1 saturated heterocycles. The van der Waals surface area contributed by atoms with Crippen LogP contribution in [0.5, 0.6) is 5.75 Å². The van der Waals surface area contributed by atoms with Crippen molar-refractivity contribution >= 4 is 58.1 Å². The summed E-state index contributed by atoms with van der Waals surface area (Å²) >= 11 is 12.5. The van der Waals surface area contributed by atoms with E-state index in [4.69, 9.17) is 32.4 Å². The van der Waals surface area contributed by atoms with Crippen molar-refractivity contribution < 1.29 is 45.9 Å². The van der Waals surface area contributed by atoms with Crippen LogP contribution in [-0.4, -0.2) is 80.9 Å². The van der Waals surface area contributed by atoms with Crippen LogP contribution in [0.3, 0.4) is 0 Å². The van der Waals surface area contributed by atoms with Gasteiger partial charge in [0.05, 0.1) is 41.7 Å². The van der Waals surface area contributed by atoms with Gasteiger partial charge in [-0.05, 0) is 123 Å². The van der Waals surface area contributed by atoms with Gasteiger partial charge in [-0.15, -0.1) is 0 Å². The lowest BCUT2D eigenvalue weighted by Gasteiger charge is -2.37. The summed E-state index contributed by atoms with van der Waals surface area (Å²) in [6, 6.07) is 16.6. The summed E-state index contributed by atoms with van der Waals surface area (Å²) in [4.78, 5) is 65.4. The van der Waals surface area contributed by atoms with Crippen LogP contribution in [0.2, 0.25) is 10.0 Å². The molecular formula is C64H71Cl2F4N9O6. The Hall–Kier alpha value is -7.14. The van der Waals surface area contributed by atoms with Gasteiger partial charge in [0.15, 0.2) is 17.2 Å². The topological polar surface area (TPSA) is 197 Å². The molecule has 3 amide bonds. The standard InChI is InChI=1S/C64H71Cl2F4N9O6/c1-63(2,3)33-53-64(36-71,45-25-21-41(65)32-47(45)67)54(44-12-11-13-46(66)55(44)68)57(76-53)60(82)73-48-26-20-39(31-52(48)84-5)51(80)14-9-7-6-8-10-29-78(4)62(83)38-18-23-43(24-19-38)79-34-49(56(77-79)58(69)70)74-59(81)50-35-85-61(75-50)40-27-28-72-42(30-40)22-17-37-15-16-37/h11-13,20-21,25-28,30-32,34-35,37-38,43,53-54,57-58,76H,6-10,14-19,22-24,29,33H2,1-5H3,(H,73,82)(H,74,81)/t38?,43?,53-,54-,57+,64-/m0/s1. The number of aryl methyl sites for hydroxylation is 1. The normalized spacial score (nSPS) is 20.5. The third-order valence-corrected chi connectivity index (χ3v) is 17.3. The number of halogens is 6. The van der Waals surface area contributed by atoms with Gasteiger partial charge >= 0.3 is 0 Å². The lowest BCUT2D eigenvalue weighted by atomic mass is 9.62. The molecule has 3 aromatic carbocycles. The number of nitrogens with one attached hydrogen (secondary N) is 3. The van der Waals surface area contributed by atoms with Crippen molar-refractivity contribution in [2.45, 2.75) is 153 Å². The number of alkyl halides is 2. The smallest absolute Gasteiger partial charge is 0.284 e. The predicted molar refractivity (Wildman–Crippen MR) is 316 cm³/mol. The van der Waals surface area contributed by atoms with E-state index in [1.165, 1.54) is 67.4 Å². The number of benzene rings is 3. The van der Waals surface area contributed by atoms with Crippen LogP contribution in [0.4, 0.5) is 28.9 Å². The van der Waals surface area contributed by atoms with Gasteiger partial charge in [-0.1, -0.05) is 94.3 Å². The number of ether oxygens (including phenoxy) is 1. The summed E-state index contributed by atoms with van der Waals surface area (Å²) in [5.41, 5.74) is -0.923. The largest absolute Gasteiger partial charge is 0.495 e. The summed E-state index contributed by atoms with van der Waals surface area (Å²) in [5.74, 6) is -3.41. The number of nitriles is 1. The number of anilines is 2. The van der Waals surface area contributed by atoms with Crippen molar-refractivity contribution in [2.24, 2.45) is 17.3 Å². The molecule has 0 radical (unpaired) electrons. The Labute approximate surface area is 502 Å². The molecule has 3 N–H and O–H groups in total. The second-order valence-electron chi connectivity index (χ2n) is 24.0. The molecule has 15 nitrogen and oxygen atoms in total. The summed E-state index contributed by atoms with van der Waals surface area (Å²) in [6.07, 6.45) is 12.4. The van der Waals surface area contributed by atoms with Crippen LogP contribution < -0.4 is 20.7 Å². The number of unbranched alkanes of at least 4 members (excludes halogenated alkanes) is 4. The zero-order chi connectivity index (χ0) is 60.7. The minimum Gasteiger partial charge on any atom is -0.495 e. The number of Topliss-reactive ketones (excluding diaryl/α,β-unsaturated/α-hetero) is 1. The molecule has 0 unspecified atom stereocenters. The van der Waals surface area contributed by atoms with Crippen LogP contribution >= 0.6 is 23.2 Å². The van der Waals surface area contributed by atoms with Crippen LogP contribution in [0.25, 0.3) is 11.5 Å². The summed E-state index contributed by atoms with van der Waals surface area (Å²) < 4.78 is 73.6. The molecule has 3 aliphatic rings. The van der Waals surface area contributed by atoms with Crippen LogP contribution in [0.15, 0.2) is 89.8 Å². The number of pyridine rings is 1. The molecule has 0 spiro atoms. The van der Waals surface area contributed by atoms with E-state index < -0.39 is 64.4 Å². The lowest BCUT2D eigenvalue weighted by molar-refractivity contribution is -0.135. The highest BCUT2D eigenvalue weighted by atomic mass is 35.5. The SMILES string of the molecule is COc1cc(C(=O)CCCCCCCN(C)C(=O)C2CCC(n3cc(NC(=O)c4coc(-c5ccnc(CCC6CC6)c5)n4)c(C(F)F)n3)CC2)ccc1NC(=O)[C@@H]1N[C@@H](CC(C)(C)C)[C@](C#N)(c2ccc(Cl)cc2F)[C@H]1c1cccc(Cl)c1F. The summed E-state index contributed by atoms with van der Waals surface area (Å²) in [7, 11) is 3.19. The van der Waals surface area contributed by atoms with Gasteiger partial charge in [-0.2, -0.15) is 10.4 Å². The zero-order valence-electron chi connectivity index (χ0n) is 48.3. The molecule has 1 aliphatic heterocycles. The highest BCUT2D eigenvalue weighted by molar-refractivity contribution is 6.31. The van der Waals surface area contributed by atoms with Gasteiger partial charge in [-0.3, -0.25) is 28.8 Å². The quantitative estimate of drug-likeness (QED) is 0.0296. The van der Waals surface area contributed by atoms with E-state index in [1.807, 2.05) is 26.8 Å². The number of methoxy groups -OCH3 is 1. The predicted octanol–water partition coefficient (Wildman–Crippen LogP) is 14.4. The van der Waals surface area contributed by atoms with Crippen molar-refractivity contribution in [3.8, 4) is 23.3 Å². The molecule has 21 heteroatoms. The highest BCUT2D eigenvalue weighted by Gasteiger charge is 2.61. The van der Waals surface area contributed by atoms with Gasteiger partial charge in [0.2, 0.25) is 17.7 Å². The Morgan fingerprint density at radius 2 is 1.69 bits per heavy atom. The molecule has 85 heavy (non-hydrogen) atoms. The van der Waals surface area contributed by atoms with Crippen molar-refractivity contribution in [1.29, 1.82) is 5.26 Å². The molecule has 9 rings (SSSR count). The minimum atomic E-state index is -2.95. The number of nitrogens with zero attached hydrogens (tertiary/aromatic N) is 6. The number of aromatic nitrogens is 4. The zero-order valence-corrected chi connectivity index (χ0v) is 49.9. The Morgan fingerprint density at radius 1 is 0.941 bits per heavy atom. The Bertz CT molecular complexity index is 3440. The maximum absolute atomic E-state index is 16.2. The van der Waals surface area contributed by atoms with Crippen LogP contribution in [-0.2, 0) is 21.4 Å². The number of rotatable bonds is 24. The first-order valence-corrected chi connectivity index (χ1v) is 29.9. The maximum Gasteiger partial charge on any atom is 0.284 e. The fourth-order valence-corrected chi connectivity index (χ4v) is 12.4. The average Bonchev–Trinajstić information content (AvgIpc) is 1.65. The van der Waals surface area contributed by atoms with E-state index in [-0.39, 0.29) is 86.4 Å². The molecule has 3 aromatic heterocycles. The molecule has 6 aromatic rings. The van der Waals surface area contributed by atoms with E-state index in [1.54, 1.807) is 42.4 Å². The molecule has 4 heterocycles.